The molecular formula is C20H33IN6O. The van der Waals surface area contributed by atoms with Gasteiger partial charge in [0.1, 0.15) is 5.82 Å². The van der Waals surface area contributed by atoms with Crippen LogP contribution in [-0.4, -0.2) is 60.5 Å². The van der Waals surface area contributed by atoms with Gasteiger partial charge in [-0.3, -0.25) is 14.7 Å². The number of anilines is 1. The molecule has 2 fully saturated rings. The van der Waals surface area contributed by atoms with Gasteiger partial charge in [0.05, 0.1) is 0 Å². The van der Waals surface area contributed by atoms with Crippen LogP contribution in [0.5, 0.6) is 0 Å². The van der Waals surface area contributed by atoms with Crippen molar-refractivity contribution in [3.63, 3.8) is 0 Å². The van der Waals surface area contributed by atoms with Crippen LogP contribution >= 0.6 is 24.0 Å². The summed E-state index contributed by atoms with van der Waals surface area (Å²) in [5.41, 5.74) is 1.07. The van der Waals surface area contributed by atoms with Gasteiger partial charge in [-0.1, -0.05) is 18.9 Å². The van der Waals surface area contributed by atoms with E-state index in [9.17, 15) is 4.79 Å². The van der Waals surface area contributed by atoms with Crippen LogP contribution in [0.15, 0.2) is 23.3 Å². The predicted octanol–water partition coefficient (Wildman–Crippen LogP) is 2.52. The Labute approximate surface area is 185 Å². The van der Waals surface area contributed by atoms with E-state index in [4.69, 9.17) is 0 Å². The monoisotopic (exact) mass is 500 g/mol. The molecule has 1 atom stereocenters. The molecule has 156 valence electrons. The first-order chi connectivity index (χ1) is 13.1. The maximum atomic E-state index is 12.0. The van der Waals surface area contributed by atoms with Gasteiger partial charge in [0.15, 0.2) is 5.96 Å². The predicted molar refractivity (Wildman–Crippen MR) is 124 cm³/mol. The highest BCUT2D eigenvalue weighted by molar-refractivity contribution is 14.0. The van der Waals surface area contributed by atoms with Crippen molar-refractivity contribution in [3.8, 4) is 0 Å². The van der Waals surface area contributed by atoms with Crippen molar-refractivity contribution < 1.29 is 4.79 Å². The number of nitrogens with zero attached hydrogens (tertiary/aromatic N) is 3. The summed E-state index contributed by atoms with van der Waals surface area (Å²) in [6.45, 7) is 4.77. The summed E-state index contributed by atoms with van der Waals surface area (Å²) in [5.74, 6) is 1.31. The smallest absolute Gasteiger partial charge is 0.227 e. The molecule has 3 rings (SSSR count). The van der Waals surface area contributed by atoms with Crippen molar-refractivity contribution in [2.75, 3.05) is 32.0 Å². The van der Waals surface area contributed by atoms with E-state index in [1.807, 2.05) is 19.1 Å². The topological polar surface area (TPSA) is 81.6 Å². The number of amides is 1. The van der Waals surface area contributed by atoms with Crippen molar-refractivity contribution in [1.29, 1.82) is 0 Å². The van der Waals surface area contributed by atoms with E-state index in [-0.39, 0.29) is 29.9 Å². The van der Waals surface area contributed by atoms with Crippen molar-refractivity contribution in [1.82, 2.24) is 20.5 Å². The number of nitrogens with one attached hydrogen (secondary N) is 3. The van der Waals surface area contributed by atoms with Crippen LogP contribution in [0.2, 0.25) is 0 Å². The van der Waals surface area contributed by atoms with Crippen LogP contribution in [0.3, 0.4) is 0 Å². The highest BCUT2D eigenvalue weighted by Crippen LogP contribution is 2.26. The van der Waals surface area contributed by atoms with Gasteiger partial charge in [0.25, 0.3) is 0 Å². The number of carbonyl (C=O) groups excluding carboxylic acids is 1. The lowest BCUT2D eigenvalue weighted by atomic mass is 10.2. The van der Waals surface area contributed by atoms with Gasteiger partial charge in [-0.25, -0.2) is 4.98 Å². The molecule has 1 aromatic rings. The first kappa shape index (κ1) is 22.9. The summed E-state index contributed by atoms with van der Waals surface area (Å²) < 4.78 is 0. The number of hydrogen-bond acceptors (Lipinski definition) is 4. The Morgan fingerprint density at radius 2 is 2.07 bits per heavy atom. The number of pyridine rings is 1. The molecule has 0 bridgehead atoms. The Balaban J connectivity index is 0.00000280. The lowest BCUT2D eigenvalue weighted by Crippen LogP contribution is -2.45. The molecule has 0 aromatic carbocycles. The van der Waals surface area contributed by atoms with Gasteiger partial charge in [0.2, 0.25) is 5.91 Å². The third-order valence-electron chi connectivity index (χ3n) is 5.45. The molecule has 3 N–H and O–H groups in total. The quantitative estimate of drug-likeness (QED) is 0.318. The number of rotatable bonds is 6. The second kappa shape index (κ2) is 11.5. The Bertz CT molecular complexity index is 645. The number of aryl methyl sites for hydroxylation is 1. The summed E-state index contributed by atoms with van der Waals surface area (Å²) in [5, 5.41) is 9.56. The molecule has 1 unspecified atom stereocenters. The summed E-state index contributed by atoms with van der Waals surface area (Å²) in [6.07, 6.45) is 8.72. The molecule has 1 saturated carbocycles. The highest BCUT2D eigenvalue weighted by atomic mass is 127. The zero-order valence-corrected chi connectivity index (χ0v) is 19.2. The minimum Gasteiger partial charge on any atom is -0.356 e. The second-order valence-corrected chi connectivity index (χ2v) is 7.58. The Morgan fingerprint density at radius 1 is 1.29 bits per heavy atom. The molecule has 2 aliphatic rings. The van der Waals surface area contributed by atoms with Crippen LogP contribution in [0, 0.1) is 6.92 Å². The Morgan fingerprint density at radius 3 is 2.75 bits per heavy atom. The van der Waals surface area contributed by atoms with E-state index in [0.29, 0.717) is 24.8 Å². The van der Waals surface area contributed by atoms with Crippen LogP contribution in [0.4, 0.5) is 5.82 Å². The number of hydrogen-bond donors (Lipinski definition) is 3. The van der Waals surface area contributed by atoms with Crippen molar-refractivity contribution >= 4 is 41.7 Å². The number of guanidine groups is 1. The Hall–Kier alpha value is -1.42. The minimum absolute atomic E-state index is 0. The third kappa shape index (κ3) is 6.88. The van der Waals surface area contributed by atoms with Gasteiger partial charge in [-0.2, -0.15) is 0 Å². The van der Waals surface area contributed by atoms with Gasteiger partial charge in [0, 0.05) is 51.4 Å². The maximum Gasteiger partial charge on any atom is 0.227 e. The van der Waals surface area contributed by atoms with E-state index >= 15 is 0 Å². The molecule has 1 aromatic heterocycles. The molecule has 1 saturated heterocycles. The van der Waals surface area contributed by atoms with E-state index in [1.54, 1.807) is 13.2 Å². The first-order valence-electron chi connectivity index (χ1n) is 10.1. The number of carbonyl (C=O) groups is 1. The molecule has 1 aliphatic carbocycles. The summed E-state index contributed by atoms with van der Waals surface area (Å²) in [6, 6.07) is 4.97. The number of aliphatic imine (C=N–C) groups is 1. The van der Waals surface area contributed by atoms with Crippen molar-refractivity contribution in [2.24, 2.45) is 4.99 Å². The lowest BCUT2D eigenvalue weighted by molar-refractivity contribution is -0.116. The lowest BCUT2D eigenvalue weighted by Gasteiger charge is -2.24. The molecule has 1 aliphatic heterocycles. The fourth-order valence-corrected chi connectivity index (χ4v) is 3.94. The zero-order valence-electron chi connectivity index (χ0n) is 16.9. The molecule has 0 radical (unpaired) electrons. The van der Waals surface area contributed by atoms with E-state index in [0.717, 1.165) is 30.5 Å². The minimum atomic E-state index is -0.0532. The SMILES string of the molecule is CN=C(NCCC(=O)Nc1ccc(C)cn1)NC1CCN(C2CCCC2)C1.I. The van der Waals surface area contributed by atoms with Crippen LogP contribution < -0.4 is 16.0 Å². The van der Waals surface area contributed by atoms with Gasteiger partial charge in [-0.05, 0) is 37.8 Å². The maximum absolute atomic E-state index is 12.0. The van der Waals surface area contributed by atoms with Crippen LogP contribution in [0.1, 0.15) is 44.1 Å². The zero-order chi connectivity index (χ0) is 19.1. The molecule has 1 amide bonds. The number of aromatic nitrogens is 1. The highest BCUT2D eigenvalue weighted by Gasteiger charge is 2.30. The fraction of sp³-hybridized carbons (Fsp3) is 0.650. The molecule has 28 heavy (non-hydrogen) atoms. The normalized spacial score (nSPS) is 20.6. The molecule has 2 heterocycles. The summed E-state index contributed by atoms with van der Waals surface area (Å²) in [7, 11) is 1.77. The second-order valence-electron chi connectivity index (χ2n) is 7.58. The molecular weight excluding hydrogens is 467 g/mol. The van der Waals surface area contributed by atoms with Crippen LogP contribution in [0.25, 0.3) is 0 Å². The fourth-order valence-electron chi connectivity index (χ4n) is 3.94. The van der Waals surface area contributed by atoms with Crippen molar-refractivity contribution in [2.45, 2.75) is 57.5 Å². The van der Waals surface area contributed by atoms with Crippen molar-refractivity contribution in [3.05, 3.63) is 23.9 Å². The molecule has 7 nitrogen and oxygen atoms in total. The molecule has 0 spiro atoms. The van der Waals surface area contributed by atoms with Crippen LogP contribution in [-0.2, 0) is 4.79 Å². The average molecular weight is 500 g/mol. The molecule has 8 heteroatoms. The summed E-state index contributed by atoms with van der Waals surface area (Å²) in [4.78, 5) is 23.2. The van der Waals surface area contributed by atoms with E-state index in [2.05, 4.69) is 30.8 Å². The number of likely N-dealkylation sites (tertiary alicyclic amines) is 1. The Kier molecular flexibility index (Phi) is 9.43. The summed E-state index contributed by atoms with van der Waals surface area (Å²) >= 11 is 0. The standard InChI is InChI=1S/C20H32N6O.HI/c1-15-7-8-18(23-13-15)25-19(27)9-11-22-20(21-2)24-16-10-12-26(14-16)17-5-3-4-6-17;/h7-8,13,16-17H,3-6,9-12,14H2,1-2H3,(H2,21,22,24)(H,23,25,27);1H. The third-order valence-corrected chi connectivity index (χ3v) is 5.45. The largest absolute Gasteiger partial charge is 0.356 e. The average Bonchev–Trinajstić information content (AvgIpc) is 3.34. The first-order valence-corrected chi connectivity index (χ1v) is 10.1. The van der Waals surface area contributed by atoms with Gasteiger partial charge >= 0.3 is 0 Å². The van der Waals surface area contributed by atoms with Gasteiger partial charge in [-0.15, -0.1) is 24.0 Å². The number of halogens is 1. The van der Waals surface area contributed by atoms with E-state index in [1.165, 1.54) is 32.2 Å². The van der Waals surface area contributed by atoms with Gasteiger partial charge < -0.3 is 16.0 Å². The van der Waals surface area contributed by atoms with E-state index < -0.39 is 0 Å².